The van der Waals surface area contributed by atoms with Gasteiger partial charge in [0.05, 0.1) is 13.1 Å². The molecule has 128 valence electrons. The van der Waals surface area contributed by atoms with E-state index in [1.165, 1.54) is 0 Å². The lowest BCUT2D eigenvalue weighted by Crippen LogP contribution is -2.49. The maximum absolute atomic E-state index is 11.6. The number of ether oxygens (including phenoxy) is 1. The first-order valence-corrected chi connectivity index (χ1v) is 7.62. The minimum absolute atomic E-state index is 0.000589. The number of nitrogens with one attached hydrogen (secondary N) is 2. The molecule has 0 aromatic carbocycles. The fourth-order valence-corrected chi connectivity index (χ4v) is 2.37. The second-order valence-electron chi connectivity index (χ2n) is 5.65. The molecule has 1 aliphatic heterocycles. The lowest BCUT2D eigenvalue weighted by atomic mass is 10.1. The number of fused-ring (bicyclic) bond motifs is 1. The van der Waals surface area contributed by atoms with E-state index in [2.05, 4.69) is 25.7 Å². The molecular formula is C14H25N7O2. The minimum Gasteiger partial charge on any atom is -0.377 e. The highest BCUT2D eigenvalue weighted by Crippen LogP contribution is 2.13. The van der Waals surface area contributed by atoms with Crippen LogP contribution >= 0.6 is 0 Å². The first-order valence-electron chi connectivity index (χ1n) is 7.62. The Labute approximate surface area is 136 Å². The van der Waals surface area contributed by atoms with Crippen LogP contribution in [-0.4, -0.2) is 72.4 Å². The van der Waals surface area contributed by atoms with E-state index in [-0.39, 0.29) is 18.5 Å². The predicted molar refractivity (Wildman–Crippen MR) is 86.0 cm³/mol. The van der Waals surface area contributed by atoms with E-state index in [1.54, 1.807) is 33.2 Å². The fourth-order valence-electron chi connectivity index (χ4n) is 2.37. The molecule has 1 unspecified atom stereocenters. The second-order valence-corrected chi connectivity index (χ2v) is 5.65. The van der Waals surface area contributed by atoms with Gasteiger partial charge in [-0.1, -0.05) is 0 Å². The van der Waals surface area contributed by atoms with Crippen LogP contribution in [0.5, 0.6) is 0 Å². The van der Waals surface area contributed by atoms with E-state index in [4.69, 9.17) is 4.74 Å². The summed E-state index contributed by atoms with van der Waals surface area (Å²) in [6.07, 6.45) is 1.79. The molecule has 0 bridgehead atoms. The van der Waals surface area contributed by atoms with E-state index in [0.717, 1.165) is 18.7 Å². The molecule has 9 nitrogen and oxygen atoms in total. The van der Waals surface area contributed by atoms with Crippen LogP contribution in [0.4, 0.5) is 0 Å². The van der Waals surface area contributed by atoms with Gasteiger partial charge in [0.15, 0.2) is 11.8 Å². The molecule has 0 aliphatic carbocycles. The van der Waals surface area contributed by atoms with Crippen molar-refractivity contribution in [2.24, 2.45) is 4.99 Å². The van der Waals surface area contributed by atoms with Gasteiger partial charge in [-0.25, -0.2) is 9.67 Å². The number of likely N-dealkylation sites (N-methyl/N-ethyl adjacent to an activating group) is 1. The number of methoxy groups -OCH3 is 1. The number of carbonyl (C=O) groups excluding carboxylic acids is 1. The molecule has 0 spiro atoms. The zero-order chi connectivity index (χ0) is 16.8. The van der Waals surface area contributed by atoms with Crippen molar-refractivity contribution in [2.75, 3.05) is 34.8 Å². The number of nitrogens with zero attached hydrogens (tertiary/aromatic N) is 5. The smallest absolute Gasteiger partial charge is 0.241 e. The van der Waals surface area contributed by atoms with Gasteiger partial charge in [-0.2, -0.15) is 5.10 Å². The summed E-state index contributed by atoms with van der Waals surface area (Å²) in [6, 6.07) is 0.195. The van der Waals surface area contributed by atoms with Crippen LogP contribution in [0, 0.1) is 0 Å². The Bertz CT molecular complexity index is 567. The molecule has 0 saturated carbocycles. The van der Waals surface area contributed by atoms with Crippen molar-refractivity contribution in [3.05, 3.63) is 11.6 Å². The average molecular weight is 323 g/mol. The summed E-state index contributed by atoms with van der Waals surface area (Å²) in [5.74, 6) is 2.31. The number of hydrogen-bond acceptors (Lipinski definition) is 5. The molecule has 0 fully saturated rings. The Kier molecular flexibility index (Phi) is 5.91. The monoisotopic (exact) mass is 323 g/mol. The molecule has 1 amide bonds. The molecule has 0 saturated heterocycles. The van der Waals surface area contributed by atoms with Crippen LogP contribution in [0.3, 0.4) is 0 Å². The largest absolute Gasteiger partial charge is 0.377 e. The first kappa shape index (κ1) is 17.2. The van der Waals surface area contributed by atoms with Gasteiger partial charge in [-0.05, 0) is 6.42 Å². The lowest BCUT2D eigenvalue weighted by molar-refractivity contribution is -0.127. The van der Waals surface area contributed by atoms with Crippen molar-refractivity contribution in [3.8, 4) is 0 Å². The number of aliphatic imine (C=N–C) groups is 1. The second kappa shape index (κ2) is 7.91. The molecule has 9 heteroatoms. The van der Waals surface area contributed by atoms with Gasteiger partial charge >= 0.3 is 0 Å². The van der Waals surface area contributed by atoms with E-state index < -0.39 is 0 Å². The minimum atomic E-state index is -0.000589. The normalized spacial score (nSPS) is 17.6. The standard InChI is InChI=1S/C14H25N7O2/c1-15-14(16-7-13(22)20(2)3)17-10-5-6-12-18-11(9-23-4)19-21(12)8-10/h10H,5-9H2,1-4H3,(H2,15,16,17). The third-order valence-corrected chi connectivity index (χ3v) is 3.65. The average Bonchev–Trinajstić information content (AvgIpc) is 2.92. The Hall–Kier alpha value is -2.16. The van der Waals surface area contributed by atoms with Gasteiger partial charge in [0.25, 0.3) is 0 Å². The Morgan fingerprint density at radius 3 is 2.96 bits per heavy atom. The molecule has 2 N–H and O–H groups in total. The Balaban J connectivity index is 1.88. The third-order valence-electron chi connectivity index (χ3n) is 3.65. The van der Waals surface area contributed by atoms with Crippen LogP contribution in [0.25, 0.3) is 0 Å². The molecular weight excluding hydrogens is 298 g/mol. The number of rotatable bonds is 5. The maximum atomic E-state index is 11.6. The summed E-state index contributed by atoms with van der Waals surface area (Å²) >= 11 is 0. The zero-order valence-corrected chi connectivity index (χ0v) is 14.2. The van der Waals surface area contributed by atoms with Gasteiger partial charge in [0, 0.05) is 40.7 Å². The van der Waals surface area contributed by atoms with Crippen molar-refractivity contribution in [3.63, 3.8) is 0 Å². The summed E-state index contributed by atoms with van der Waals surface area (Å²) in [6.45, 7) is 1.36. The van der Waals surface area contributed by atoms with Gasteiger partial charge in [-0.3, -0.25) is 9.79 Å². The first-order chi connectivity index (χ1) is 11.0. The van der Waals surface area contributed by atoms with Gasteiger partial charge < -0.3 is 20.3 Å². The van der Waals surface area contributed by atoms with Gasteiger partial charge in [0.2, 0.25) is 5.91 Å². The van der Waals surface area contributed by atoms with Crippen molar-refractivity contribution in [2.45, 2.75) is 32.0 Å². The van der Waals surface area contributed by atoms with E-state index in [1.807, 2.05) is 4.68 Å². The Morgan fingerprint density at radius 1 is 1.52 bits per heavy atom. The Morgan fingerprint density at radius 2 is 2.30 bits per heavy atom. The molecule has 1 atom stereocenters. The molecule has 0 radical (unpaired) electrons. The quantitative estimate of drug-likeness (QED) is 0.532. The topological polar surface area (TPSA) is 96.7 Å². The fraction of sp³-hybridized carbons (Fsp3) is 0.714. The van der Waals surface area contributed by atoms with Crippen LogP contribution < -0.4 is 10.6 Å². The molecule has 1 aliphatic rings. The van der Waals surface area contributed by atoms with Crippen molar-refractivity contribution in [1.29, 1.82) is 0 Å². The number of hydrogen-bond donors (Lipinski definition) is 2. The summed E-state index contributed by atoms with van der Waals surface area (Å²) in [7, 11) is 6.78. The van der Waals surface area contributed by atoms with Gasteiger partial charge in [-0.15, -0.1) is 0 Å². The molecule has 2 heterocycles. The number of amides is 1. The molecule has 1 aromatic rings. The number of aryl methyl sites for hydroxylation is 1. The number of guanidine groups is 1. The SMILES string of the molecule is CN=C(NCC(=O)N(C)C)NC1CCc2nc(COC)nn2C1. The predicted octanol–water partition coefficient (Wildman–Crippen LogP) is -1.01. The van der Waals surface area contributed by atoms with E-state index in [0.29, 0.717) is 24.9 Å². The summed E-state index contributed by atoms with van der Waals surface area (Å²) in [5.41, 5.74) is 0. The van der Waals surface area contributed by atoms with Crippen molar-refractivity contribution in [1.82, 2.24) is 30.3 Å². The molecule has 1 aromatic heterocycles. The van der Waals surface area contributed by atoms with Gasteiger partial charge in [0.1, 0.15) is 12.4 Å². The van der Waals surface area contributed by atoms with Crippen LogP contribution in [0.1, 0.15) is 18.1 Å². The number of carbonyl (C=O) groups is 1. The molecule has 23 heavy (non-hydrogen) atoms. The van der Waals surface area contributed by atoms with E-state index in [9.17, 15) is 4.79 Å². The lowest BCUT2D eigenvalue weighted by Gasteiger charge is -2.25. The zero-order valence-electron chi connectivity index (χ0n) is 14.2. The highest BCUT2D eigenvalue weighted by atomic mass is 16.5. The highest BCUT2D eigenvalue weighted by Gasteiger charge is 2.22. The van der Waals surface area contributed by atoms with Crippen LogP contribution in [-0.2, 0) is 29.1 Å². The van der Waals surface area contributed by atoms with E-state index >= 15 is 0 Å². The summed E-state index contributed by atoms with van der Waals surface area (Å²) < 4.78 is 6.98. The summed E-state index contributed by atoms with van der Waals surface area (Å²) in [5, 5.41) is 10.8. The van der Waals surface area contributed by atoms with Crippen LogP contribution in [0.15, 0.2) is 4.99 Å². The number of aromatic nitrogens is 3. The van der Waals surface area contributed by atoms with Crippen molar-refractivity contribution < 1.29 is 9.53 Å². The summed E-state index contributed by atoms with van der Waals surface area (Å²) in [4.78, 5) is 21.8. The third kappa shape index (κ3) is 4.65. The maximum Gasteiger partial charge on any atom is 0.241 e. The van der Waals surface area contributed by atoms with Crippen molar-refractivity contribution >= 4 is 11.9 Å². The van der Waals surface area contributed by atoms with Crippen LogP contribution in [0.2, 0.25) is 0 Å². The molecule has 2 rings (SSSR count). The highest BCUT2D eigenvalue weighted by molar-refractivity contribution is 5.86.